The fourth-order valence-electron chi connectivity index (χ4n) is 4.64. The molecule has 1 amide bonds. The van der Waals surface area contributed by atoms with Crippen molar-refractivity contribution in [2.24, 2.45) is 5.92 Å². The Bertz CT molecular complexity index is 1340. The summed E-state index contributed by atoms with van der Waals surface area (Å²) in [4.78, 5) is 27.2. The van der Waals surface area contributed by atoms with E-state index in [0.29, 0.717) is 19.0 Å². The number of amides is 1. The van der Waals surface area contributed by atoms with Crippen LogP contribution in [0, 0.1) is 19.8 Å². The number of anilines is 1. The van der Waals surface area contributed by atoms with Gasteiger partial charge in [-0.25, -0.2) is 14.6 Å². The van der Waals surface area contributed by atoms with Crippen LogP contribution in [0.25, 0.3) is 16.7 Å². The van der Waals surface area contributed by atoms with Crippen LogP contribution in [0.3, 0.4) is 0 Å². The molecule has 0 N–H and O–H groups in total. The molecule has 0 saturated carbocycles. The summed E-state index contributed by atoms with van der Waals surface area (Å²) in [5.74, 6) is 2.29. The first kappa shape index (κ1) is 23.0. The number of benzene rings is 2. The van der Waals surface area contributed by atoms with Gasteiger partial charge in [-0.15, -0.1) is 0 Å². The second-order valence-corrected chi connectivity index (χ2v) is 9.74. The van der Waals surface area contributed by atoms with Crippen LogP contribution < -0.4 is 4.90 Å². The van der Waals surface area contributed by atoms with Crippen molar-refractivity contribution in [2.75, 3.05) is 31.1 Å². The highest BCUT2D eigenvalue weighted by molar-refractivity contribution is 5.95. The van der Waals surface area contributed by atoms with E-state index in [4.69, 9.17) is 15.1 Å². The molecule has 2 aromatic heterocycles. The fourth-order valence-corrected chi connectivity index (χ4v) is 4.64. The van der Waals surface area contributed by atoms with Crippen molar-refractivity contribution in [3.05, 3.63) is 77.2 Å². The molecule has 0 aliphatic carbocycles. The maximum atomic E-state index is 13.0. The van der Waals surface area contributed by atoms with Gasteiger partial charge in [-0.3, -0.25) is 4.79 Å². The van der Waals surface area contributed by atoms with Crippen molar-refractivity contribution in [2.45, 2.75) is 34.1 Å². The van der Waals surface area contributed by atoms with E-state index in [1.807, 2.05) is 78.0 Å². The van der Waals surface area contributed by atoms with E-state index in [0.717, 1.165) is 64.7 Å². The van der Waals surface area contributed by atoms with Crippen LogP contribution in [0.4, 0.5) is 5.82 Å². The maximum Gasteiger partial charge on any atom is 0.253 e. The van der Waals surface area contributed by atoms with Gasteiger partial charge in [-0.05, 0) is 44.0 Å². The molecule has 0 unspecified atom stereocenters. The van der Waals surface area contributed by atoms with Crippen molar-refractivity contribution in [1.82, 2.24) is 24.6 Å². The quantitative estimate of drug-likeness (QED) is 0.428. The fraction of sp³-hybridized carbons (Fsp3) is 0.357. The number of carbonyl (C=O) groups is 1. The number of aromatic nitrogens is 4. The summed E-state index contributed by atoms with van der Waals surface area (Å²) in [6.07, 6.45) is 0.799. The van der Waals surface area contributed by atoms with Gasteiger partial charge in [-0.2, -0.15) is 5.10 Å². The zero-order valence-corrected chi connectivity index (χ0v) is 20.9. The number of rotatable bonds is 5. The molecule has 7 nitrogen and oxygen atoms in total. The molecular formula is C28H32N6O. The summed E-state index contributed by atoms with van der Waals surface area (Å²) < 4.78 is 1.93. The second-order valence-electron chi connectivity index (χ2n) is 9.74. The Balaban J connectivity index is 1.47. The summed E-state index contributed by atoms with van der Waals surface area (Å²) in [5, 5.41) is 5.83. The Morgan fingerprint density at radius 1 is 0.914 bits per heavy atom. The maximum absolute atomic E-state index is 13.0. The molecule has 35 heavy (non-hydrogen) atoms. The van der Waals surface area contributed by atoms with Crippen LogP contribution in [0.1, 0.15) is 41.3 Å². The lowest BCUT2D eigenvalue weighted by Crippen LogP contribution is -2.49. The summed E-state index contributed by atoms with van der Waals surface area (Å²) in [6.45, 7) is 11.2. The molecule has 2 aromatic carbocycles. The van der Waals surface area contributed by atoms with Crippen molar-refractivity contribution in [3.8, 4) is 5.69 Å². The van der Waals surface area contributed by atoms with Gasteiger partial charge in [-0.1, -0.05) is 49.7 Å². The molecule has 0 spiro atoms. The molecular weight excluding hydrogens is 436 g/mol. The number of fused-ring (bicyclic) bond motifs is 1. The Morgan fingerprint density at radius 3 is 2.26 bits per heavy atom. The predicted octanol–water partition coefficient (Wildman–Crippen LogP) is 4.59. The van der Waals surface area contributed by atoms with Crippen LogP contribution in [0.15, 0.2) is 54.6 Å². The molecule has 3 heterocycles. The van der Waals surface area contributed by atoms with Gasteiger partial charge in [0.15, 0.2) is 5.65 Å². The molecule has 0 bridgehead atoms. The summed E-state index contributed by atoms with van der Waals surface area (Å²) in [5.41, 5.74) is 4.63. The number of hydrogen-bond acceptors (Lipinski definition) is 5. The standard InChI is InChI=1S/C28H32N6O/c1-19(2)18-24-29-26(25-21(4)31-34(27(25)30-24)23-8-6-5-7-9-23)32-14-16-33(17-15-32)28(35)22-12-10-20(3)11-13-22/h5-13,19H,14-18H2,1-4H3. The van der Waals surface area contributed by atoms with E-state index in [9.17, 15) is 4.79 Å². The summed E-state index contributed by atoms with van der Waals surface area (Å²) >= 11 is 0. The Labute approximate surface area is 206 Å². The first-order chi connectivity index (χ1) is 16.9. The van der Waals surface area contributed by atoms with Gasteiger partial charge in [0.2, 0.25) is 0 Å². The predicted molar refractivity (Wildman–Crippen MR) is 139 cm³/mol. The van der Waals surface area contributed by atoms with Crippen molar-refractivity contribution in [3.63, 3.8) is 0 Å². The molecule has 7 heteroatoms. The van der Waals surface area contributed by atoms with Crippen LogP contribution in [-0.2, 0) is 6.42 Å². The van der Waals surface area contributed by atoms with Gasteiger partial charge in [0.05, 0.1) is 16.8 Å². The summed E-state index contributed by atoms with van der Waals surface area (Å²) in [7, 11) is 0. The van der Waals surface area contributed by atoms with E-state index in [1.165, 1.54) is 0 Å². The zero-order valence-electron chi connectivity index (χ0n) is 20.9. The molecule has 180 valence electrons. The minimum absolute atomic E-state index is 0.0889. The van der Waals surface area contributed by atoms with E-state index < -0.39 is 0 Å². The minimum atomic E-state index is 0.0889. The average Bonchev–Trinajstić information content (AvgIpc) is 3.20. The van der Waals surface area contributed by atoms with Gasteiger partial charge < -0.3 is 9.80 Å². The van der Waals surface area contributed by atoms with Gasteiger partial charge in [0.25, 0.3) is 5.91 Å². The first-order valence-electron chi connectivity index (χ1n) is 12.3. The van der Waals surface area contributed by atoms with E-state index in [1.54, 1.807) is 0 Å². The van der Waals surface area contributed by atoms with Crippen LogP contribution in [-0.4, -0.2) is 56.7 Å². The minimum Gasteiger partial charge on any atom is -0.352 e. The molecule has 1 fully saturated rings. The van der Waals surface area contributed by atoms with Gasteiger partial charge in [0, 0.05) is 38.2 Å². The molecule has 1 aliphatic rings. The lowest BCUT2D eigenvalue weighted by molar-refractivity contribution is 0.0746. The number of aryl methyl sites for hydroxylation is 2. The Hall–Kier alpha value is -3.74. The third-order valence-corrected chi connectivity index (χ3v) is 6.49. The van der Waals surface area contributed by atoms with E-state index in [2.05, 4.69) is 18.7 Å². The lowest BCUT2D eigenvalue weighted by Gasteiger charge is -2.36. The number of hydrogen-bond donors (Lipinski definition) is 0. The van der Waals surface area contributed by atoms with Gasteiger partial charge >= 0.3 is 0 Å². The van der Waals surface area contributed by atoms with Crippen molar-refractivity contribution >= 4 is 22.8 Å². The molecule has 1 saturated heterocycles. The van der Waals surface area contributed by atoms with Crippen LogP contribution in [0.5, 0.6) is 0 Å². The zero-order chi connectivity index (χ0) is 24.5. The third kappa shape index (κ3) is 4.63. The Morgan fingerprint density at radius 2 is 1.60 bits per heavy atom. The van der Waals surface area contributed by atoms with Crippen molar-refractivity contribution in [1.29, 1.82) is 0 Å². The number of piperazine rings is 1. The normalized spacial score (nSPS) is 14.2. The SMILES string of the molecule is Cc1ccc(C(=O)N2CCN(c3nc(CC(C)C)nc4c3c(C)nn4-c3ccccc3)CC2)cc1. The highest BCUT2D eigenvalue weighted by Crippen LogP contribution is 2.30. The molecule has 0 atom stereocenters. The second kappa shape index (κ2) is 9.49. The summed E-state index contributed by atoms with van der Waals surface area (Å²) in [6, 6.07) is 17.9. The molecule has 4 aromatic rings. The van der Waals surface area contributed by atoms with Crippen LogP contribution in [0.2, 0.25) is 0 Å². The number of para-hydroxylation sites is 1. The van der Waals surface area contributed by atoms with Crippen molar-refractivity contribution < 1.29 is 4.79 Å². The average molecular weight is 469 g/mol. The highest BCUT2D eigenvalue weighted by atomic mass is 16.2. The van der Waals surface area contributed by atoms with Crippen LogP contribution >= 0.6 is 0 Å². The van der Waals surface area contributed by atoms with E-state index in [-0.39, 0.29) is 5.91 Å². The topological polar surface area (TPSA) is 67.2 Å². The molecule has 1 aliphatic heterocycles. The largest absolute Gasteiger partial charge is 0.352 e. The van der Waals surface area contributed by atoms with Gasteiger partial charge in [0.1, 0.15) is 11.6 Å². The number of nitrogens with zero attached hydrogens (tertiary/aromatic N) is 6. The molecule has 0 radical (unpaired) electrons. The molecule has 5 rings (SSSR count). The monoisotopic (exact) mass is 468 g/mol. The Kier molecular flexibility index (Phi) is 6.24. The lowest BCUT2D eigenvalue weighted by atomic mass is 10.1. The smallest absolute Gasteiger partial charge is 0.253 e. The van der Waals surface area contributed by atoms with E-state index >= 15 is 0 Å². The first-order valence-corrected chi connectivity index (χ1v) is 12.3. The third-order valence-electron chi connectivity index (χ3n) is 6.49. The highest BCUT2D eigenvalue weighted by Gasteiger charge is 2.27. The number of carbonyl (C=O) groups excluding carboxylic acids is 1.